The SMILES string of the molecule is Cc1nccc([C@@H]2CCCN(S(=O)(=O)c3ccccc3F)C2)n1. The van der Waals surface area contributed by atoms with Gasteiger partial charge in [0, 0.05) is 30.9 Å². The summed E-state index contributed by atoms with van der Waals surface area (Å²) < 4.78 is 40.7. The molecule has 1 aliphatic heterocycles. The van der Waals surface area contributed by atoms with Gasteiger partial charge in [0.05, 0.1) is 0 Å². The van der Waals surface area contributed by atoms with E-state index in [2.05, 4.69) is 9.97 Å². The zero-order valence-corrected chi connectivity index (χ0v) is 13.6. The Labute approximate surface area is 135 Å². The van der Waals surface area contributed by atoms with Crippen LogP contribution in [-0.4, -0.2) is 35.8 Å². The maximum atomic E-state index is 13.9. The van der Waals surface area contributed by atoms with Gasteiger partial charge in [-0.05, 0) is 38.0 Å². The van der Waals surface area contributed by atoms with Gasteiger partial charge in [-0.1, -0.05) is 12.1 Å². The molecule has 23 heavy (non-hydrogen) atoms. The molecule has 2 aromatic rings. The van der Waals surface area contributed by atoms with Gasteiger partial charge in [0.2, 0.25) is 10.0 Å². The van der Waals surface area contributed by atoms with E-state index >= 15 is 0 Å². The largest absolute Gasteiger partial charge is 0.246 e. The standard InChI is InChI=1S/C16H18FN3O2S/c1-12-18-9-8-15(19-12)13-5-4-10-20(11-13)23(21,22)16-7-3-2-6-14(16)17/h2-3,6-9,13H,4-5,10-11H2,1H3/t13-/m1/s1. The van der Waals surface area contributed by atoms with Gasteiger partial charge in [0.1, 0.15) is 16.5 Å². The summed E-state index contributed by atoms with van der Waals surface area (Å²) in [5.74, 6) is -0.0453. The molecule has 0 N–H and O–H groups in total. The molecule has 0 unspecified atom stereocenters. The Hall–Kier alpha value is -1.86. The minimum absolute atomic E-state index is 0.00648. The lowest BCUT2D eigenvalue weighted by atomic mass is 9.96. The Bertz CT molecular complexity index is 810. The first-order valence-electron chi connectivity index (χ1n) is 7.53. The second kappa shape index (κ2) is 6.33. The monoisotopic (exact) mass is 335 g/mol. The van der Waals surface area contributed by atoms with Crippen molar-refractivity contribution in [2.24, 2.45) is 0 Å². The third-order valence-electron chi connectivity index (χ3n) is 4.05. The fourth-order valence-electron chi connectivity index (χ4n) is 2.90. The number of hydrogen-bond acceptors (Lipinski definition) is 4. The van der Waals surface area contributed by atoms with Crippen molar-refractivity contribution in [3.8, 4) is 0 Å². The molecular formula is C16H18FN3O2S. The lowest BCUT2D eigenvalue weighted by Gasteiger charge is -2.31. The number of benzene rings is 1. The molecular weight excluding hydrogens is 317 g/mol. The van der Waals surface area contributed by atoms with E-state index in [4.69, 9.17) is 0 Å². The minimum atomic E-state index is -3.83. The third-order valence-corrected chi connectivity index (χ3v) is 5.95. The minimum Gasteiger partial charge on any atom is -0.242 e. The van der Waals surface area contributed by atoms with E-state index in [9.17, 15) is 12.8 Å². The van der Waals surface area contributed by atoms with Crippen LogP contribution in [0, 0.1) is 12.7 Å². The summed E-state index contributed by atoms with van der Waals surface area (Å²) >= 11 is 0. The molecule has 7 heteroatoms. The zero-order valence-electron chi connectivity index (χ0n) is 12.8. The molecule has 2 heterocycles. The van der Waals surface area contributed by atoms with Crippen LogP contribution in [0.25, 0.3) is 0 Å². The summed E-state index contributed by atoms with van der Waals surface area (Å²) in [6, 6.07) is 7.31. The zero-order chi connectivity index (χ0) is 16.4. The highest BCUT2D eigenvalue weighted by Gasteiger charge is 2.32. The number of aryl methyl sites for hydroxylation is 1. The van der Waals surface area contributed by atoms with E-state index in [0.717, 1.165) is 18.5 Å². The fourth-order valence-corrected chi connectivity index (χ4v) is 4.49. The van der Waals surface area contributed by atoms with Gasteiger partial charge in [-0.2, -0.15) is 4.31 Å². The second-order valence-corrected chi connectivity index (χ2v) is 7.57. The summed E-state index contributed by atoms with van der Waals surface area (Å²) in [5, 5.41) is 0. The van der Waals surface area contributed by atoms with Gasteiger partial charge >= 0.3 is 0 Å². The highest BCUT2D eigenvalue weighted by atomic mass is 32.2. The molecule has 0 spiro atoms. The molecule has 1 atom stereocenters. The molecule has 1 aliphatic rings. The van der Waals surface area contributed by atoms with Gasteiger partial charge in [-0.25, -0.2) is 22.8 Å². The van der Waals surface area contributed by atoms with E-state index < -0.39 is 15.8 Å². The Morgan fingerprint density at radius 2 is 2.04 bits per heavy atom. The number of piperidine rings is 1. The molecule has 122 valence electrons. The van der Waals surface area contributed by atoms with Crippen molar-refractivity contribution in [1.82, 2.24) is 14.3 Å². The lowest BCUT2D eigenvalue weighted by Crippen LogP contribution is -2.39. The van der Waals surface area contributed by atoms with Crippen LogP contribution in [0.5, 0.6) is 0 Å². The summed E-state index contributed by atoms with van der Waals surface area (Å²) in [6.07, 6.45) is 3.27. The molecule has 1 saturated heterocycles. The third kappa shape index (κ3) is 3.25. The molecule has 0 saturated carbocycles. The molecule has 0 aliphatic carbocycles. The number of hydrogen-bond donors (Lipinski definition) is 0. The summed E-state index contributed by atoms with van der Waals surface area (Å²) in [7, 11) is -3.83. The van der Waals surface area contributed by atoms with E-state index in [-0.39, 0.29) is 10.8 Å². The maximum Gasteiger partial charge on any atom is 0.246 e. The first-order valence-corrected chi connectivity index (χ1v) is 8.97. The Morgan fingerprint density at radius 3 is 2.78 bits per heavy atom. The van der Waals surface area contributed by atoms with Crippen LogP contribution in [-0.2, 0) is 10.0 Å². The maximum absolute atomic E-state index is 13.9. The predicted molar refractivity (Wildman–Crippen MR) is 83.9 cm³/mol. The van der Waals surface area contributed by atoms with Crippen molar-refractivity contribution >= 4 is 10.0 Å². The van der Waals surface area contributed by atoms with Crippen molar-refractivity contribution in [2.45, 2.75) is 30.6 Å². The normalized spacial score (nSPS) is 19.7. The van der Waals surface area contributed by atoms with Gasteiger partial charge in [0.15, 0.2) is 0 Å². The van der Waals surface area contributed by atoms with Crippen LogP contribution in [0.3, 0.4) is 0 Å². The molecule has 0 radical (unpaired) electrons. The lowest BCUT2D eigenvalue weighted by molar-refractivity contribution is 0.311. The molecule has 1 fully saturated rings. The first kappa shape index (κ1) is 16.0. The van der Waals surface area contributed by atoms with Gasteiger partial charge in [-0.15, -0.1) is 0 Å². The number of halogens is 1. The molecule has 0 amide bonds. The fraction of sp³-hybridized carbons (Fsp3) is 0.375. The summed E-state index contributed by atoms with van der Waals surface area (Å²) in [6.45, 7) is 2.52. The summed E-state index contributed by atoms with van der Waals surface area (Å²) in [4.78, 5) is 8.20. The average molecular weight is 335 g/mol. The van der Waals surface area contributed by atoms with Gasteiger partial charge in [-0.3, -0.25) is 0 Å². The van der Waals surface area contributed by atoms with Crippen molar-refractivity contribution in [2.75, 3.05) is 13.1 Å². The number of sulfonamides is 1. The van der Waals surface area contributed by atoms with Crippen molar-refractivity contribution < 1.29 is 12.8 Å². The summed E-state index contributed by atoms with van der Waals surface area (Å²) in [5.41, 5.74) is 0.839. The van der Waals surface area contributed by atoms with E-state index in [0.29, 0.717) is 18.9 Å². The number of rotatable bonds is 3. The van der Waals surface area contributed by atoms with Crippen molar-refractivity contribution in [3.63, 3.8) is 0 Å². The Balaban J connectivity index is 1.88. The number of aromatic nitrogens is 2. The van der Waals surface area contributed by atoms with E-state index in [1.165, 1.54) is 28.6 Å². The predicted octanol–water partition coefficient (Wildman–Crippen LogP) is 2.49. The van der Waals surface area contributed by atoms with Crippen molar-refractivity contribution in [3.05, 3.63) is 53.9 Å². The van der Waals surface area contributed by atoms with Crippen LogP contribution in [0.2, 0.25) is 0 Å². The first-order chi connectivity index (χ1) is 11.0. The average Bonchev–Trinajstić information content (AvgIpc) is 2.55. The van der Waals surface area contributed by atoms with E-state index in [1.54, 1.807) is 13.1 Å². The second-order valence-electron chi connectivity index (χ2n) is 5.66. The topological polar surface area (TPSA) is 63.2 Å². The molecule has 5 nitrogen and oxygen atoms in total. The van der Waals surface area contributed by atoms with Crippen LogP contribution in [0.4, 0.5) is 4.39 Å². The van der Waals surface area contributed by atoms with Crippen molar-refractivity contribution in [1.29, 1.82) is 0 Å². The van der Waals surface area contributed by atoms with Crippen LogP contribution in [0.1, 0.15) is 30.3 Å². The quantitative estimate of drug-likeness (QED) is 0.864. The highest BCUT2D eigenvalue weighted by Crippen LogP contribution is 2.29. The Morgan fingerprint density at radius 1 is 1.26 bits per heavy atom. The Kier molecular flexibility index (Phi) is 4.41. The van der Waals surface area contributed by atoms with E-state index in [1.807, 2.05) is 6.07 Å². The molecule has 3 rings (SSSR count). The van der Waals surface area contributed by atoms with Crippen LogP contribution in [0.15, 0.2) is 41.4 Å². The van der Waals surface area contributed by atoms with Crippen LogP contribution >= 0.6 is 0 Å². The number of nitrogens with zero attached hydrogens (tertiary/aromatic N) is 3. The van der Waals surface area contributed by atoms with Crippen LogP contribution < -0.4 is 0 Å². The van der Waals surface area contributed by atoms with Gasteiger partial charge in [0.25, 0.3) is 0 Å². The molecule has 0 bridgehead atoms. The van der Waals surface area contributed by atoms with Gasteiger partial charge < -0.3 is 0 Å². The molecule has 1 aromatic heterocycles. The highest BCUT2D eigenvalue weighted by molar-refractivity contribution is 7.89. The molecule has 1 aromatic carbocycles. The smallest absolute Gasteiger partial charge is 0.242 e.